The fourth-order valence-corrected chi connectivity index (χ4v) is 1.40. The van der Waals surface area contributed by atoms with Gasteiger partial charge < -0.3 is 15.4 Å². The van der Waals surface area contributed by atoms with Gasteiger partial charge in [0, 0.05) is 0 Å². The van der Waals surface area contributed by atoms with Gasteiger partial charge in [0.15, 0.2) is 0 Å². The molecule has 6 heteroatoms. The zero-order chi connectivity index (χ0) is 10.4. The topological polar surface area (TPSA) is 67.4 Å². The van der Waals surface area contributed by atoms with E-state index in [1.165, 1.54) is 0 Å². The van der Waals surface area contributed by atoms with Gasteiger partial charge in [-0.15, -0.1) is 12.4 Å². The standard InChI is InChI=1S/C9H16N2O3.ClH/c1-2-14-8(12)6-11-9(13)7-4-3-5-10-7;/h7,10H,2-6H2,1H3,(H,11,13);1H. The number of hydrogen-bond acceptors (Lipinski definition) is 4. The lowest BCUT2D eigenvalue weighted by Crippen LogP contribution is -2.42. The molecule has 0 aromatic carbocycles. The van der Waals surface area contributed by atoms with Gasteiger partial charge in [0.2, 0.25) is 5.91 Å². The predicted octanol–water partition coefficient (Wildman–Crippen LogP) is -0.161. The van der Waals surface area contributed by atoms with Gasteiger partial charge in [-0.2, -0.15) is 0 Å². The number of ether oxygens (including phenoxy) is 1. The van der Waals surface area contributed by atoms with E-state index in [0.29, 0.717) is 6.61 Å². The first-order chi connectivity index (χ1) is 6.74. The average Bonchev–Trinajstić information content (AvgIpc) is 2.67. The van der Waals surface area contributed by atoms with Crippen LogP contribution in [0.15, 0.2) is 0 Å². The molecule has 1 atom stereocenters. The number of carbonyl (C=O) groups excluding carboxylic acids is 2. The van der Waals surface area contributed by atoms with Crippen LogP contribution >= 0.6 is 12.4 Å². The molecule has 1 saturated heterocycles. The second-order valence-electron chi connectivity index (χ2n) is 3.17. The van der Waals surface area contributed by atoms with Gasteiger partial charge in [0.25, 0.3) is 0 Å². The highest BCUT2D eigenvalue weighted by molar-refractivity contribution is 5.86. The van der Waals surface area contributed by atoms with Crippen LogP contribution in [0.4, 0.5) is 0 Å². The van der Waals surface area contributed by atoms with Gasteiger partial charge >= 0.3 is 5.97 Å². The third-order valence-corrected chi connectivity index (χ3v) is 2.09. The van der Waals surface area contributed by atoms with E-state index in [1.54, 1.807) is 6.92 Å². The summed E-state index contributed by atoms with van der Waals surface area (Å²) >= 11 is 0. The quantitative estimate of drug-likeness (QED) is 0.666. The first-order valence-corrected chi connectivity index (χ1v) is 4.90. The molecule has 1 fully saturated rings. The highest BCUT2D eigenvalue weighted by Crippen LogP contribution is 2.03. The maximum Gasteiger partial charge on any atom is 0.325 e. The molecule has 0 spiro atoms. The Labute approximate surface area is 95.3 Å². The summed E-state index contributed by atoms with van der Waals surface area (Å²) < 4.78 is 4.68. The highest BCUT2D eigenvalue weighted by Gasteiger charge is 2.21. The summed E-state index contributed by atoms with van der Waals surface area (Å²) in [6.45, 7) is 2.91. The first kappa shape index (κ1) is 14.2. The van der Waals surface area contributed by atoms with E-state index in [-0.39, 0.29) is 36.9 Å². The van der Waals surface area contributed by atoms with Crippen LogP contribution in [-0.4, -0.2) is 37.6 Å². The monoisotopic (exact) mass is 236 g/mol. The fraction of sp³-hybridized carbons (Fsp3) is 0.778. The number of rotatable bonds is 4. The van der Waals surface area contributed by atoms with Crippen molar-refractivity contribution < 1.29 is 14.3 Å². The molecule has 0 radical (unpaired) electrons. The van der Waals surface area contributed by atoms with E-state index in [0.717, 1.165) is 19.4 Å². The number of nitrogens with one attached hydrogen (secondary N) is 2. The molecule has 88 valence electrons. The van der Waals surface area contributed by atoms with Crippen molar-refractivity contribution in [3.05, 3.63) is 0 Å². The number of amides is 1. The Kier molecular flexibility index (Phi) is 7.07. The van der Waals surface area contributed by atoms with Gasteiger partial charge in [-0.1, -0.05) is 0 Å². The van der Waals surface area contributed by atoms with Crippen molar-refractivity contribution in [3.8, 4) is 0 Å². The lowest BCUT2D eigenvalue weighted by atomic mass is 10.2. The van der Waals surface area contributed by atoms with Gasteiger partial charge in [-0.25, -0.2) is 0 Å². The Morgan fingerprint density at radius 1 is 1.53 bits per heavy atom. The molecule has 0 bridgehead atoms. The minimum atomic E-state index is -0.390. The molecule has 1 heterocycles. The van der Waals surface area contributed by atoms with Crippen LogP contribution in [0.1, 0.15) is 19.8 Å². The third-order valence-electron chi connectivity index (χ3n) is 2.09. The highest BCUT2D eigenvalue weighted by atomic mass is 35.5. The molecule has 15 heavy (non-hydrogen) atoms. The molecular formula is C9H17ClN2O3. The summed E-state index contributed by atoms with van der Waals surface area (Å²) in [6, 6.07) is -0.135. The third kappa shape index (κ3) is 4.99. The summed E-state index contributed by atoms with van der Waals surface area (Å²) in [4.78, 5) is 22.3. The van der Waals surface area contributed by atoms with Crippen LogP contribution < -0.4 is 10.6 Å². The Balaban J connectivity index is 0.00000196. The van der Waals surface area contributed by atoms with Crippen molar-refractivity contribution >= 4 is 24.3 Å². The molecule has 0 saturated carbocycles. The van der Waals surface area contributed by atoms with Crippen molar-refractivity contribution in [1.82, 2.24) is 10.6 Å². The number of esters is 1. The zero-order valence-electron chi connectivity index (χ0n) is 8.75. The maximum atomic E-state index is 11.4. The minimum Gasteiger partial charge on any atom is -0.465 e. The Morgan fingerprint density at radius 3 is 2.80 bits per heavy atom. The maximum absolute atomic E-state index is 11.4. The number of carbonyl (C=O) groups is 2. The molecule has 0 aromatic rings. The Hall–Kier alpha value is -0.810. The second kappa shape index (κ2) is 7.48. The summed E-state index contributed by atoms with van der Waals surface area (Å²) in [5.41, 5.74) is 0. The van der Waals surface area contributed by atoms with Crippen molar-refractivity contribution in [1.29, 1.82) is 0 Å². The number of hydrogen-bond donors (Lipinski definition) is 2. The fourth-order valence-electron chi connectivity index (χ4n) is 1.40. The normalized spacial score (nSPS) is 19.1. The molecule has 1 unspecified atom stereocenters. The summed E-state index contributed by atoms with van der Waals surface area (Å²) in [7, 11) is 0. The van der Waals surface area contributed by atoms with Crippen LogP contribution in [0.25, 0.3) is 0 Å². The van der Waals surface area contributed by atoms with Gasteiger partial charge in [-0.3, -0.25) is 9.59 Å². The second-order valence-corrected chi connectivity index (χ2v) is 3.17. The van der Waals surface area contributed by atoms with Crippen molar-refractivity contribution in [2.75, 3.05) is 19.7 Å². The summed E-state index contributed by atoms with van der Waals surface area (Å²) in [6.07, 6.45) is 1.85. The molecule has 0 aromatic heterocycles. The van der Waals surface area contributed by atoms with Crippen LogP contribution in [0.3, 0.4) is 0 Å². The Bertz CT molecular complexity index is 217. The molecule has 0 aliphatic carbocycles. The number of halogens is 1. The predicted molar refractivity (Wildman–Crippen MR) is 57.9 cm³/mol. The molecule has 1 aliphatic rings. The average molecular weight is 237 g/mol. The summed E-state index contributed by atoms with van der Waals surface area (Å²) in [5.74, 6) is -0.505. The van der Waals surface area contributed by atoms with E-state index in [1.807, 2.05) is 0 Å². The Morgan fingerprint density at radius 2 is 2.27 bits per heavy atom. The molecule has 5 nitrogen and oxygen atoms in total. The molecule has 1 amide bonds. The molecule has 1 rings (SSSR count). The van der Waals surface area contributed by atoms with E-state index < -0.39 is 0 Å². The lowest BCUT2D eigenvalue weighted by Gasteiger charge is -2.10. The smallest absolute Gasteiger partial charge is 0.325 e. The van der Waals surface area contributed by atoms with Gasteiger partial charge in [0.1, 0.15) is 6.54 Å². The molecular weight excluding hydrogens is 220 g/mol. The SMILES string of the molecule is CCOC(=O)CNC(=O)C1CCCN1.Cl. The minimum absolute atomic E-state index is 0. The van der Waals surface area contributed by atoms with E-state index in [9.17, 15) is 9.59 Å². The van der Waals surface area contributed by atoms with E-state index >= 15 is 0 Å². The van der Waals surface area contributed by atoms with Crippen LogP contribution in [-0.2, 0) is 14.3 Å². The van der Waals surface area contributed by atoms with Gasteiger partial charge in [0.05, 0.1) is 12.6 Å². The molecule has 1 aliphatic heterocycles. The zero-order valence-corrected chi connectivity index (χ0v) is 9.56. The largest absolute Gasteiger partial charge is 0.465 e. The van der Waals surface area contributed by atoms with E-state index in [4.69, 9.17) is 0 Å². The van der Waals surface area contributed by atoms with Crippen LogP contribution in [0, 0.1) is 0 Å². The van der Waals surface area contributed by atoms with Crippen molar-refractivity contribution in [2.45, 2.75) is 25.8 Å². The first-order valence-electron chi connectivity index (χ1n) is 4.90. The van der Waals surface area contributed by atoms with Crippen LogP contribution in [0.5, 0.6) is 0 Å². The van der Waals surface area contributed by atoms with Gasteiger partial charge in [-0.05, 0) is 26.3 Å². The van der Waals surface area contributed by atoms with Crippen LogP contribution in [0.2, 0.25) is 0 Å². The van der Waals surface area contributed by atoms with Crippen molar-refractivity contribution in [3.63, 3.8) is 0 Å². The van der Waals surface area contributed by atoms with E-state index in [2.05, 4.69) is 15.4 Å². The van der Waals surface area contributed by atoms with Crippen molar-refractivity contribution in [2.24, 2.45) is 0 Å². The summed E-state index contributed by atoms with van der Waals surface area (Å²) in [5, 5.41) is 5.58. The molecule has 2 N–H and O–H groups in total. The lowest BCUT2D eigenvalue weighted by molar-refractivity contribution is -0.143.